The predicted octanol–water partition coefficient (Wildman–Crippen LogP) is 1.69. The molecule has 4 nitrogen and oxygen atoms in total. The highest BCUT2D eigenvalue weighted by Crippen LogP contribution is 2.17. The number of halogens is 1. The smallest absolute Gasteiger partial charge is 0.415 e. The summed E-state index contributed by atoms with van der Waals surface area (Å²) in [7, 11) is 0. The third-order valence-electron chi connectivity index (χ3n) is 1.75. The van der Waals surface area contributed by atoms with Crippen molar-refractivity contribution in [2.45, 2.75) is 0 Å². The van der Waals surface area contributed by atoms with Crippen molar-refractivity contribution in [3.63, 3.8) is 0 Å². The lowest BCUT2D eigenvalue weighted by Crippen LogP contribution is -2.24. The van der Waals surface area contributed by atoms with E-state index in [2.05, 4.69) is 4.98 Å². The minimum Gasteiger partial charge on any atom is -0.447 e. The zero-order valence-electron chi connectivity index (χ0n) is 6.74. The number of carbonyl (C=O) groups excluding carboxylic acids is 1. The third kappa shape index (κ3) is 1.58. The van der Waals surface area contributed by atoms with E-state index < -0.39 is 0 Å². The van der Waals surface area contributed by atoms with Crippen molar-refractivity contribution in [3.05, 3.63) is 23.4 Å². The molecule has 1 aromatic rings. The molecular weight excluding hydrogens is 192 g/mol. The van der Waals surface area contributed by atoms with Gasteiger partial charge in [-0.3, -0.25) is 4.90 Å². The number of pyridine rings is 1. The highest BCUT2D eigenvalue weighted by molar-refractivity contribution is 6.30. The van der Waals surface area contributed by atoms with Crippen LogP contribution in [-0.4, -0.2) is 24.2 Å². The summed E-state index contributed by atoms with van der Waals surface area (Å²) in [5.41, 5.74) is 0. The molecule has 13 heavy (non-hydrogen) atoms. The van der Waals surface area contributed by atoms with Crippen LogP contribution in [0.3, 0.4) is 0 Å². The Balaban J connectivity index is 2.25. The van der Waals surface area contributed by atoms with Crippen molar-refractivity contribution in [2.75, 3.05) is 18.1 Å². The van der Waals surface area contributed by atoms with Crippen LogP contribution in [0.15, 0.2) is 18.3 Å². The predicted molar refractivity (Wildman–Crippen MR) is 47.9 cm³/mol. The first-order valence-electron chi connectivity index (χ1n) is 3.83. The van der Waals surface area contributed by atoms with Crippen molar-refractivity contribution >= 4 is 23.5 Å². The van der Waals surface area contributed by atoms with Gasteiger partial charge in [-0.05, 0) is 12.1 Å². The zero-order valence-corrected chi connectivity index (χ0v) is 7.49. The highest BCUT2D eigenvalue weighted by Gasteiger charge is 2.24. The second-order valence-electron chi connectivity index (χ2n) is 2.60. The van der Waals surface area contributed by atoms with E-state index in [9.17, 15) is 4.79 Å². The number of nitrogens with zero attached hydrogens (tertiary/aromatic N) is 2. The molecule has 0 radical (unpaired) electrons. The molecule has 0 saturated carbocycles. The minimum atomic E-state index is -0.352. The molecule has 5 heteroatoms. The van der Waals surface area contributed by atoms with E-state index in [1.54, 1.807) is 12.1 Å². The van der Waals surface area contributed by atoms with Crippen LogP contribution < -0.4 is 4.90 Å². The molecule has 2 heterocycles. The molecule has 1 fully saturated rings. The van der Waals surface area contributed by atoms with Gasteiger partial charge in [0.05, 0.1) is 11.6 Å². The topological polar surface area (TPSA) is 42.4 Å². The van der Waals surface area contributed by atoms with Gasteiger partial charge in [-0.15, -0.1) is 0 Å². The van der Waals surface area contributed by atoms with Crippen molar-refractivity contribution in [1.29, 1.82) is 0 Å². The molecule has 1 aromatic heterocycles. The highest BCUT2D eigenvalue weighted by atomic mass is 35.5. The molecule has 0 aliphatic carbocycles. The standard InChI is InChI=1S/C8H7ClN2O2/c9-6-1-2-7(10-5-6)11-3-4-13-8(11)12/h1-2,5H,3-4H2. The summed E-state index contributed by atoms with van der Waals surface area (Å²) < 4.78 is 4.76. The molecule has 2 rings (SSSR count). The van der Waals surface area contributed by atoms with E-state index in [1.165, 1.54) is 11.1 Å². The quantitative estimate of drug-likeness (QED) is 0.690. The van der Waals surface area contributed by atoms with Crippen molar-refractivity contribution in [2.24, 2.45) is 0 Å². The number of hydrogen-bond acceptors (Lipinski definition) is 3. The summed E-state index contributed by atoms with van der Waals surface area (Å²) in [5.74, 6) is 0.576. The molecule has 1 amide bonds. The number of aromatic nitrogens is 1. The largest absolute Gasteiger partial charge is 0.447 e. The second-order valence-corrected chi connectivity index (χ2v) is 3.04. The Labute approximate surface area is 80.1 Å². The average molecular weight is 199 g/mol. The fourth-order valence-corrected chi connectivity index (χ4v) is 1.24. The van der Waals surface area contributed by atoms with Crippen LogP contribution in [0.2, 0.25) is 5.02 Å². The van der Waals surface area contributed by atoms with Crippen LogP contribution in [0.5, 0.6) is 0 Å². The van der Waals surface area contributed by atoms with E-state index in [-0.39, 0.29) is 6.09 Å². The first-order chi connectivity index (χ1) is 6.27. The maximum absolute atomic E-state index is 11.1. The Kier molecular flexibility index (Phi) is 2.06. The van der Waals surface area contributed by atoms with Gasteiger partial charge in [-0.1, -0.05) is 11.6 Å². The first-order valence-corrected chi connectivity index (χ1v) is 4.21. The van der Waals surface area contributed by atoms with Gasteiger partial charge in [-0.2, -0.15) is 0 Å². The molecular formula is C8H7ClN2O2. The summed E-state index contributed by atoms with van der Waals surface area (Å²) in [4.78, 5) is 16.6. The van der Waals surface area contributed by atoms with E-state index >= 15 is 0 Å². The number of amides is 1. The van der Waals surface area contributed by atoms with E-state index in [0.717, 1.165) is 0 Å². The molecule has 0 unspecified atom stereocenters. The molecule has 1 aliphatic heterocycles. The first kappa shape index (κ1) is 8.31. The van der Waals surface area contributed by atoms with Gasteiger partial charge in [-0.25, -0.2) is 9.78 Å². The molecule has 1 saturated heterocycles. The van der Waals surface area contributed by atoms with Crippen molar-refractivity contribution in [1.82, 2.24) is 4.98 Å². The Morgan fingerprint density at radius 3 is 2.92 bits per heavy atom. The molecule has 0 N–H and O–H groups in total. The van der Waals surface area contributed by atoms with Crippen LogP contribution in [-0.2, 0) is 4.74 Å². The normalized spacial score (nSPS) is 16.1. The van der Waals surface area contributed by atoms with Crippen LogP contribution in [0, 0.1) is 0 Å². The second kappa shape index (κ2) is 3.22. The van der Waals surface area contributed by atoms with Crippen LogP contribution in [0.1, 0.15) is 0 Å². The number of hydrogen-bond donors (Lipinski definition) is 0. The summed E-state index contributed by atoms with van der Waals surface area (Å²) in [6.07, 6.45) is 1.15. The molecule has 0 aromatic carbocycles. The third-order valence-corrected chi connectivity index (χ3v) is 1.97. The average Bonchev–Trinajstić information content (AvgIpc) is 2.53. The Morgan fingerprint density at radius 2 is 2.38 bits per heavy atom. The monoisotopic (exact) mass is 198 g/mol. The molecule has 1 aliphatic rings. The molecule has 68 valence electrons. The van der Waals surface area contributed by atoms with Gasteiger partial charge in [0.25, 0.3) is 0 Å². The Bertz CT molecular complexity index is 325. The van der Waals surface area contributed by atoms with Gasteiger partial charge in [0.1, 0.15) is 12.4 Å². The summed E-state index contributed by atoms with van der Waals surface area (Å²) in [6, 6.07) is 3.38. The van der Waals surface area contributed by atoms with Gasteiger partial charge in [0, 0.05) is 6.20 Å². The van der Waals surface area contributed by atoms with E-state index in [4.69, 9.17) is 16.3 Å². The van der Waals surface area contributed by atoms with Crippen molar-refractivity contribution in [3.8, 4) is 0 Å². The fraction of sp³-hybridized carbons (Fsp3) is 0.250. The van der Waals surface area contributed by atoms with Crippen molar-refractivity contribution < 1.29 is 9.53 Å². The molecule has 0 bridgehead atoms. The van der Waals surface area contributed by atoms with Gasteiger partial charge in [0.2, 0.25) is 0 Å². The maximum atomic E-state index is 11.1. The van der Waals surface area contributed by atoms with Crippen LogP contribution >= 0.6 is 11.6 Å². The van der Waals surface area contributed by atoms with Gasteiger partial charge >= 0.3 is 6.09 Å². The maximum Gasteiger partial charge on any atom is 0.415 e. The number of carbonyl (C=O) groups is 1. The number of ether oxygens (including phenoxy) is 1. The lowest BCUT2D eigenvalue weighted by atomic mass is 10.4. The lowest BCUT2D eigenvalue weighted by molar-refractivity contribution is 0.181. The lowest BCUT2D eigenvalue weighted by Gasteiger charge is -2.10. The Morgan fingerprint density at radius 1 is 1.54 bits per heavy atom. The Hall–Kier alpha value is -1.29. The van der Waals surface area contributed by atoms with Gasteiger partial charge < -0.3 is 4.74 Å². The minimum absolute atomic E-state index is 0.352. The molecule has 0 atom stereocenters. The van der Waals surface area contributed by atoms with Crippen LogP contribution in [0.4, 0.5) is 10.6 Å². The summed E-state index contributed by atoms with van der Waals surface area (Å²) in [5, 5.41) is 0.552. The number of rotatable bonds is 1. The van der Waals surface area contributed by atoms with E-state index in [1.807, 2.05) is 0 Å². The van der Waals surface area contributed by atoms with E-state index in [0.29, 0.717) is 24.0 Å². The number of anilines is 1. The fourth-order valence-electron chi connectivity index (χ4n) is 1.13. The van der Waals surface area contributed by atoms with Crippen LogP contribution in [0.25, 0.3) is 0 Å². The number of cyclic esters (lactones) is 1. The molecule has 0 spiro atoms. The SMILES string of the molecule is O=C1OCCN1c1ccc(Cl)cn1. The van der Waals surface area contributed by atoms with Gasteiger partial charge in [0.15, 0.2) is 0 Å². The summed E-state index contributed by atoms with van der Waals surface area (Å²) in [6.45, 7) is 0.969. The summed E-state index contributed by atoms with van der Waals surface area (Å²) >= 11 is 5.66. The zero-order chi connectivity index (χ0) is 9.26.